The Balaban J connectivity index is 2.16. The third-order valence-corrected chi connectivity index (χ3v) is 3.51. The summed E-state index contributed by atoms with van der Waals surface area (Å²) in [6.45, 7) is 2.09. The van der Waals surface area contributed by atoms with Gasteiger partial charge in [0.25, 0.3) is 0 Å². The van der Waals surface area contributed by atoms with Crippen LogP contribution in [0.3, 0.4) is 0 Å². The van der Waals surface area contributed by atoms with E-state index in [0.717, 1.165) is 21.9 Å². The first-order valence-electron chi connectivity index (χ1n) is 7.06. The molecular formula is C17H20O4. The molecule has 1 unspecified atom stereocenters. The molecule has 0 fully saturated rings. The van der Waals surface area contributed by atoms with E-state index in [0.29, 0.717) is 6.42 Å². The minimum Gasteiger partial charge on any atom is -0.465 e. The molecule has 2 aromatic carbocycles. The molecule has 2 rings (SSSR count). The van der Waals surface area contributed by atoms with Gasteiger partial charge in [-0.1, -0.05) is 30.3 Å². The van der Waals surface area contributed by atoms with Crippen LogP contribution in [0.1, 0.15) is 30.4 Å². The smallest absolute Gasteiger partial charge is 0.313 e. The number of esters is 1. The fraction of sp³-hybridized carbons (Fsp3) is 0.353. The molecule has 1 atom stereocenters. The predicted molar refractivity (Wildman–Crippen MR) is 80.9 cm³/mol. The van der Waals surface area contributed by atoms with E-state index in [2.05, 4.69) is 0 Å². The summed E-state index contributed by atoms with van der Waals surface area (Å²) in [5.41, 5.74) is 1.76. The van der Waals surface area contributed by atoms with Crippen LogP contribution in [-0.4, -0.2) is 29.4 Å². The van der Waals surface area contributed by atoms with Crippen LogP contribution in [0.15, 0.2) is 36.4 Å². The van der Waals surface area contributed by atoms with Crippen molar-refractivity contribution in [2.75, 3.05) is 13.2 Å². The van der Waals surface area contributed by atoms with Crippen LogP contribution in [-0.2, 0) is 16.1 Å². The van der Waals surface area contributed by atoms with E-state index in [-0.39, 0.29) is 31.7 Å². The van der Waals surface area contributed by atoms with E-state index in [1.54, 1.807) is 0 Å². The molecule has 0 radical (unpaired) electrons. The summed E-state index contributed by atoms with van der Waals surface area (Å²) in [5.74, 6) is -0.625. The fourth-order valence-corrected chi connectivity index (χ4v) is 2.18. The van der Waals surface area contributed by atoms with Crippen molar-refractivity contribution >= 4 is 16.7 Å². The van der Waals surface area contributed by atoms with Gasteiger partial charge in [-0.15, -0.1) is 0 Å². The Labute approximate surface area is 124 Å². The normalized spacial score (nSPS) is 12.3. The molecular weight excluding hydrogens is 268 g/mol. The lowest BCUT2D eigenvalue weighted by molar-refractivity contribution is -0.145. The Morgan fingerprint density at radius 1 is 1.14 bits per heavy atom. The lowest BCUT2D eigenvalue weighted by Gasteiger charge is -2.12. The number of aliphatic hydroxyl groups excluding tert-OH is 2. The van der Waals surface area contributed by atoms with Gasteiger partial charge in [-0.3, -0.25) is 4.79 Å². The molecule has 21 heavy (non-hydrogen) atoms. The molecule has 0 saturated carbocycles. The van der Waals surface area contributed by atoms with Crippen molar-refractivity contribution in [2.45, 2.75) is 25.9 Å². The Hall–Kier alpha value is -1.91. The van der Waals surface area contributed by atoms with Gasteiger partial charge in [0.2, 0.25) is 0 Å². The van der Waals surface area contributed by atoms with Gasteiger partial charge in [-0.05, 0) is 34.9 Å². The highest BCUT2D eigenvalue weighted by Gasteiger charge is 2.16. The molecule has 0 aliphatic rings. The molecule has 0 bridgehead atoms. The highest BCUT2D eigenvalue weighted by Crippen LogP contribution is 2.23. The quantitative estimate of drug-likeness (QED) is 0.632. The maximum atomic E-state index is 11.9. The number of fused-ring (bicyclic) bond motifs is 1. The average Bonchev–Trinajstić information content (AvgIpc) is 2.53. The molecule has 4 nitrogen and oxygen atoms in total. The Morgan fingerprint density at radius 3 is 2.57 bits per heavy atom. The van der Waals surface area contributed by atoms with Crippen LogP contribution in [0.5, 0.6) is 0 Å². The minimum atomic E-state index is -0.342. The lowest BCUT2D eigenvalue weighted by Crippen LogP contribution is -2.14. The van der Waals surface area contributed by atoms with Gasteiger partial charge in [0.15, 0.2) is 0 Å². The van der Waals surface area contributed by atoms with Crippen molar-refractivity contribution in [1.82, 2.24) is 0 Å². The zero-order valence-electron chi connectivity index (χ0n) is 12.1. The minimum absolute atomic E-state index is 0.0187. The van der Waals surface area contributed by atoms with Gasteiger partial charge in [0.1, 0.15) is 0 Å². The van der Waals surface area contributed by atoms with Crippen LogP contribution < -0.4 is 0 Å². The number of hydrogen-bond acceptors (Lipinski definition) is 4. The standard InChI is InChI=1S/C17H20O4/c1-12(17(20)21-8-2-7-18)14-5-6-15-9-13(11-19)3-4-16(15)10-14/h3-6,9-10,12,18-19H,2,7-8,11H2,1H3. The summed E-state index contributed by atoms with van der Waals surface area (Å²) in [7, 11) is 0. The summed E-state index contributed by atoms with van der Waals surface area (Å²) in [6, 6.07) is 11.6. The second-order valence-electron chi connectivity index (χ2n) is 5.07. The third-order valence-electron chi connectivity index (χ3n) is 3.51. The highest BCUT2D eigenvalue weighted by atomic mass is 16.5. The summed E-state index contributed by atoms with van der Waals surface area (Å²) >= 11 is 0. The molecule has 2 N–H and O–H groups in total. The van der Waals surface area contributed by atoms with Crippen LogP contribution in [0.4, 0.5) is 0 Å². The molecule has 0 amide bonds. The molecule has 0 aliphatic heterocycles. The van der Waals surface area contributed by atoms with Crippen molar-refractivity contribution in [2.24, 2.45) is 0 Å². The van der Waals surface area contributed by atoms with Gasteiger partial charge < -0.3 is 14.9 Å². The number of carbonyl (C=O) groups is 1. The molecule has 0 heterocycles. The third kappa shape index (κ3) is 3.80. The number of hydrogen-bond donors (Lipinski definition) is 2. The van der Waals surface area contributed by atoms with Crippen molar-refractivity contribution in [3.63, 3.8) is 0 Å². The van der Waals surface area contributed by atoms with Crippen molar-refractivity contribution in [3.05, 3.63) is 47.5 Å². The topological polar surface area (TPSA) is 66.8 Å². The Morgan fingerprint density at radius 2 is 1.86 bits per heavy atom. The number of rotatable bonds is 6. The van der Waals surface area contributed by atoms with Gasteiger partial charge in [-0.2, -0.15) is 0 Å². The van der Waals surface area contributed by atoms with Gasteiger partial charge in [-0.25, -0.2) is 0 Å². The monoisotopic (exact) mass is 288 g/mol. The van der Waals surface area contributed by atoms with E-state index >= 15 is 0 Å². The maximum absolute atomic E-state index is 11.9. The number of ether oxygens (including phenoxy) is 1. The predicted octanol–water partition coefficient (Wildman–Crippen LogP) is 2.36. The largest absolute Gasteiger partial charge is 0.465 e. The zero-order valence-corrected chi connectivity index (χ0v) is 12.1. The molecule has 4 heteroatoms. The maximum Gasteiger partial charge on any atom is 0.313 e. The van der Waals surface area contributed by atoms with Crippen LogP contribution >= 0.6 is 0 Å². The van der Waals surface area contributed by atoms with Gasteiger partial charge >= 0.3 is 5.97 Å². The van der Waals surface area contributed by atoms with Crippen molar-refractivity contribution < 1.29 is 19.7 Å². The lowest BCUT2D eigenvalue weighted by atomic mass is 9.97. The molecule has 0 saturated heterocycles. The van der Waals surface area contributed by atoms with E-state index in [1.807, 2.05) is 43.3 Å². The van der Waals surface area contributed by atoms with Crippen LogP contribution in [0, 0.1) is 0 Å². The second-order valence-corrected chi connectivity index (χ2v) is 5.07. The summed E-state index contributed by atoms with van der Waals surface area (Å²) in [6.07, 6.45) is 0.458. The van der Waals surface area contributed by atoms with E-state index in [1.165, 1.54) is 0 Å². The average molecular weight is 288 g/mol. The Bertz CT molecular complexity index is 621. The fourth-order valence-electron chi connectivity index (χ4n) is 2.18. The summed E-state index contributed by atoms with van der Waals surface area (Å²) in [5, 5.41) is 19.9. The van der Waals surface area contributed by atoms with E-state index in [9.17, 15) is 4.79 Å². The van der Waals surface area contributed by atoms with Gasteiger partial charge in [0.05, 0.1) is 19.1 Å². The zero-order chi connectivity index (χ0) is 15.2. The summed E-state index contributed by atoms with van der Waals surface area (Å²) < 4.78 is 5.12. The van der Waals surface area contributed by atoms with Crippen molar-refractivity contribution in [3.8, 4) is 0 Å². The Kier molecular flexibility index (Phi) is 5.31. The molecule has 0 aromatic heterocycles. The first-order valence-corrected chi connectivity index (χ1v) is 7.06. The molecule has 112 valence electrons. The second kappa shape index (κ2) is 7.20. The number of carbonyl (C=O) groups excluding carboxylic acids is 1. The number of aliphatic hydroxyl groups is 2. The molecule has 0 aliphatic carbocycles. The van der Waals surface area contributed by atoms with Gasteiger partial charge in [0, 0.05) is 13.0 Å². The van der Waals surface area contributed by atoms with E-state index < -0.39 is 0 Å². The molecule has 0 spiro atoms. The van der Waals surface area contributed by atoms with E-state index in [4.69, 9.17) is 14.9 Å². The molecule has 2 aromatic rings. The summed E-state index contributed by atoms with van der Waals surface area (Å²) in [4.78, 5) is 11.9. The number of benzene rings is 2. The first-order chi connectivity index (χ1) is 10.2. The van der Waals surface area contributed by atoms with Crippen molar-refractivity contribution in [1.29, 1.82) is 0 Å². The highest BCUT2D eigenvalue weighted by molar-refractivity contribution is 5.86. The first kappa shape index (κ1) is 15.5. The van der Waals surface area contributed by atoms with Crippen LogP contribution in [0.2, 0.25) is 0 Å². The van der Waals surface area contributed by atoms with Crippen LogP contribution in [0.25, 0.3) is 10.8 Å². The SMILES string of the molecule is CC(C(=O)OCCCO)c1ccc2cc(CO)ccc2c1.